The van der Waals surface area contributed by atoms with Gasteiger partial charge in [-0.25, -0.2) is 0 Å². The molecule has 0 spiro atoms. The molecule has 2 rings (SSSR count). The molecule has 0 heterocycles. The minimum atomic E-state index is 0.154. The zero-order chi connectivity index (χ0) is 13.1. The summed E-state index contributed by atoms with van der Waals surface area (Å²) in [7, 11) is 0. The van der Waals surface area contributed by atoms with E-state index in [0.29, 0.717) is 12.1 Å². The number of aliphatic hydroxyl groups is 1. The summed E-state index contributed by atoms with van der Waals surface area (Å²) in [5.74, 6) is 0. The standard InChI is InChI=1S/C15H24N2O/c1-11(2)17(8-5-9-18)15-10-14(16)12-6-3-4-7-13(12)15/h3-4,6-7,11,14-15,18H,5,8-10,16H2,1-2H3. The summed E-state index contributed by atoms with van der Waals surface area (Å²) in [4.78, 5) is 2.46. The van der Waals surface area contributed by atoms with Crippen molar-refractivity contribution in [3.63, 3.8) is 0 Å². The SMILES string of the molecule is CC(C)N(CCCO)C1CC(N)c2ccccc21. The van der Waals surface area contributed by atoms with Gasteiger partial charge in [-0.3, -0.25) is 4.90 Å². The van der Waals surface area contributed by atoms with Gasteiger partial charge in [-0.05, 0) is 37.8 Å². The highest BCUT2D eigenvalue weighted by atomic mass is 16.3. The van der Waals surface area contributed by atoms with Gasteiger partial charge >= 0.3 is 0 Å². The molecule has 3 nitrogen and oxygen atoms in total. The molecule has 0 fully saturated rings. The van der Waals surface area contributed by atoms with Gasteiger partial charge in [0.05, 0.1) is 0 Å². The van der Waals surface area contributed by atoms with Gasteiger partial charge in [0, 0.05) is 31.3 Å². The van der Waals surface area contributed by atoms with E-state index in [9.17, 15) is 0 Å². The Morgan fingerprint density at radius 1 is 1.33 bits per heavy atom. The number of benzene rings is 1. The van der Waals surface area contributed by atoms with Crippen molar-refractivity contribution in [3.05, 3.63) is 35.4 Å². The van der Waals surface area contributed by atoms with E-state index >= 15 is 0 Å². The minimum absolute atomic E-state index is 0.154. The topological polar surface area (TPSA) is 49.5 Å². The maximum atomic E-state index is 9.04. The van der Waals surface area contributed by atoms with Crippen LogP contribution < -0.4 is 5.73 Å². The summed E-state index contributed by atoms with van der Waals surface area (Å²) in [6.45, 7) is 5.61. The Balaban J connectivity index is 2.22. The number of fused-ring (bicyclic) bond motifs is 1. The quantitative estimate of drug-likeness (QED) is 0.840. The first-order chi connectivity index (χ1) is 8.65. The van der Waals surface area contributed by atoms with Crippen LogP contribution in [-0.2, 0) is 0 Å². The summed E-state index contributed by atoms with van der Waals surface area (Å²) < 4.78 is 0. The predicted molar refractivity (Wildman–Crippen MR) is 74.3 cm³/mol. The third-order valence-corrected chi connectivity index (χ3v) is 3.87. The van der Waals surface area contributed by atoms with Crippen LogP contribution >= 0.6 is 0 Å². The molecule has 1 aliphatic rings. The van der Waals surface area contributed by atoms with Gasteiger partial charge in [0.15, 0.2) is 0 Å². The Bertz CT molecular complexity index is 392. The van der Waals surface area contributed by atoms with Crippen LogP contribution in [0.3, 0.4) is 0 Å². The van der Waals surface area contributed by atoms with Gasteiger partial charge in [-0.15, -0.1) is 0 Å². The van der Waals surface area contributed by atoms with Gasteiger partial charge in [0.2, 0.25) is 0 Å². The maximum Gasteiger partial charge on any atom is 0.0443 e. The molecular formula is C15H24N2O. The minimum Gasteiger partial charge on any atom is -0.396 e. The number of hydrogen-bond donors (Lipinski definition) is 2. The average Bonchev–Trinajstić information content (AvgIpc) is 2.68. The first-order valence-electron chi connectivity index (χ1n) is 6.86. The van der Waals surface area contributed by atoms with Crippen molar-refractivity contribution in [3.8, 4) is 0 Å². The normalized spacial score (nSPS) is 22.8. The van der Waals surface area contributed by atoms with Gasteiger partial charge in [-0.2, -0.15) is 0 Å². The molecular weight excluding hydrogens is 224 g/mol. The highest BCUT2D eigenvalue weighted by molar-refractivity contribution is 5.37. The van der Waals surface area contributed by atoms with E-state index in [4.69, 9.17) is 10.8 Å². The van der Waals surface area contributed by atoms with Crippen LogP contribution in [0.25, 0.3) is 0 Å². The van der Waals surface area contributed by atoms with E-state index in [-0.39, 0.29) is 12.6 Å². The van der Waals surface area contributed by atoms with Crippen LogP contribution in [0, 0.1) is 0 Å². The monoisotopic (exact) mass is 248 g/mol. The second-order valence-electron chi connectivity index (χ2n) is 5.40. The third-order valence-electron chi connectivity index (χ3n) is 3.87. The second kappa shape index (κ2) is 5.83. The first kappa shape index (κ1) is 13.5. The molecule has 1 aromatic rings. The zero-order valence-corrected chi connectivity index (χ0v) is 11.3. The molecule has 0 saturated carbocycles. The maximum absolute atomic E-state index is 9.04. The molecule has 0 aromatic heterocycles. The molecule has 0 bridgehead atoms. The van der Waals surface area contributed by atoms with Crippen molar-refractivity contribution in [1.29, 1.82) is 0 Å². The lowest BCUT2D eigenvalue weighted by molar-refractivity contribution is 0.134. The van der Waals surface area contributed by atoms with Crippen molar-refractivity contribution in [2.24, 2.45) is 5.73 Å². The van der Waals surface area contributed by atoms with Gasteiger partial charge < -0.3 is 10.8 Å². The Kier molecular flexibility index (Phi) is 4.38. The molecule has 1 aliphatic carbocycles. The summed E-state index contributed by atoms with van der Waals surface area (Å²) in [5.41, 5.74) is 8.89. The predicted octanol–water partition coefficient (Wildman–Crippen LogP) is 2.22. The van der Waals surface area contributed by atoms with Gasteiger partial charge in [0.25, 0.3) is 0 Å². The molecule has 0 radical (unpaired) electrons. The highest BCUT2D eigenvalue weighted by Gasteiger charge is 2.33. The van der Waals surface area contributed by atoms with E-state index in [0.717, 1.165) is 19.4 Å². The van der Waals surface area contributed by atoms with E-state index in [2.05, 4.69) is 43.0 Å². The van der Waals surface area contributed by atoms with Crippen molar-refractivity contribution in [1.82, 2.24) is 4.90 Å². The number of hydrogen-bond acceptors (Lipinski definition) is 3. The van der Waals surface area contributed by atoms with Crippen molar-refractivity contribution >= 4 is 0 Å². The van der Waals surface area contributed by atoms with Crippen molar-refractivity contribution < 1.29 is 5.11 Å². The fourth-order valence-electron chi connectivity index (χ4n) is 2.99. The highest BCUT2D eigenvalue weighted by Crippen LogP contribution is 2.41. The van der Waals surface area contributed by atoms with Gasteiger partial charge in [0.1, 0.15) is 0 Å². The molecule has 18 heavy (non-hydrogen) atoms. The smallest absolute Gasteiger partial charge is 0.0443 e. The van der Waals surface area contributed by atoms with Crippen molar-refractivity contribution in [2.75, 3.05) is 13.2 Å². The Morgan fingerprint density at radius 2 is 2.00 bits per heavy atom. The van der Waals surface area contributed by atoms with E-state index in [1.165, 1.54) is 11.1 Å². The molecule has 100 valence electrons. The van der Waals surface area contributed by atoms with E-state index < -0.39 is 0 Å². The van der Waals surface area contributed by atoms with Crippen LogP contribution in [0.2, 0.25) is 0 Å². The molecule has 2 atom stereocenters. The molecule has 3 N–H and O–H groups in total. The van der Waals surface area contributed by atoms with Crippen molar-refractivity contribution in [2.45, 2.75) is 44.8 Å². The molecule has 3 heteroatoms. The molecule has 2 unspecified atom stereocenters. The Morgan fingerprint density at radius 3 is 2.61 bits per heavy atom. The largest absolute Gasteiger partial charge is 0.396 e. The number of aliphatic hydroxyl groups excluding tert-OH is 1. The van der Waals surface area contributed by atoms with E-state index in [1.807, 2.05) is 0 Å². The number of rotatable bonds is 5. The fourth-order valence-corrected chi connectivity index (χ4v) is 2.99. The Labute approximate surface area is 110 Å². The van der Waals surface area contributed by atoms with Gasteiger partial charge in [-0.1, -0.05) is 24.3 Å². The van der Waals surface area contributed by atoms with Crippen LogP contribution in [0.1, 0.15) is 49.9 Å². The average molecular weight is 248 g/mol. The third kappa shape index (κ3) is 2.58. The lowest BCUT2D eigenvalue weighted by atomic mass is 10.1. The Hall–Kier alpha value is -0.900. The second-order valence-corrected chi connectivity index (χ2v) is 5.40. The summed E-state index contributed by atoms with van der Waals surface area (Å²) >= 11 is 0. The molecule has 0 saturated heterocycles. The summed E-state index contributed by atoms with van der Waals surface area (Å²) in [5, 5.41) is 9.04. The van der Waals surface area contributed by atoms with Crippen LogP contribution in [0.4, 0.5) is 0 Å². The van der Waals surface area contributed by atoms with Crippen LogP contribution in [0.15, 0.2) is 24.3 Å². The summed E-state index contributed by atoms with van der Waals surface area (Å²) in [6, 6.07) is 9.53. The molecule has 1 aromatic carbocycles. The number of nitrogens with two attached hydrogens (primary N) is 1. The fraction of sp³-hybridized carbons (Fsp3) is 0.600. The number of nitrogens with zero attached hydrogens (tertiary/aromatic N) is 1. The lowest BCUT2D eigenvalue weighted by Crippen LogP contribution is -2.35. The van der Waals surface area contributed by atoms with E-state index in [1.54, 1.807) is 0 Å². The molecule has 0 amide bonds. The molecule has 0 aliphatic heterocycles. The zero-order valence-electron chi connectivity index (χ0n) is 11.3. The van der Waals surface area contributed by atoms with Crippen LogP contribution in [0.5, 0.6) is 0 Å². The summed E-state index contributed by atoms with van der Waals surface area (Å²) in [6.07, 6.45) is 1.81. The van der Waals surface area contributed by atoms with Crippen LogP contribution in [-0.4, -0.2) is 29.2 Å². The first-order valence-corrected chi connectivity index (χ1v) is 6.86. The lowest BCUT2D eigenvalue weighted by Gasteiger charge is -2.33.